The minimum Gasteiger partial charge on any atom is -0.480 e. The van der Waals surface area contributed by atoms with Crippen LogP contribution < -0.4 is 4.74 Å². The molecule has 1 heterocycles. The highest BCUT2D eigenvalue weighted by molar-refractivity contribution is 6.30. The van der Waals surface area contributed by atoms with Crippen molar-refractivity contribution in [2.75, 3.05) is 0 Å². The van der Waals surface area contributed by atoms with Crippen LogP contribution >= 0.6 is 11.6 Å². The molecule has 0 bridgehead atoms. The molecule has 28 heavy (non-hydrogen) atoms. The van der Waals surface area contributed by atoms with Gasteiger partial charge in [-0.1, -0.05) is 43.0 Å². The van der Waals surface area contributed by atoms with E-state index >= 15 is 0 Å². The van der Waals surface area contributed by atoms with E-state index in [1.165, 1.54) is 12.5 Å². The van der Waals surface area contributed by atoms with E-state index in [1.54, 1.807) is 12.1 Å². The van der Waals surface area contributed by atoms with Crippen LogP contribution in [0.4, 0.5) is 4.39 Å². The van der Waals surface area contributed by atoms with E-state index < -0.39 is 11.4 Å². The Morgan fingerprint density at radius 3 is 2.50 bits per heavy atom. The lowest BCUT2D eigenvalue weighted by Gasteiger charge is -2.40. The summed E-state index contributed by atoms with van der Waals surface area (Å²) in [6.07, 6.45) is 5.68. The third kappa shape index (κ3) is 3.74. The highest BCUT2D eigenvalue weighted by atomic mass is 35.5. The number of nitrogens with zero attached hydrogens (tertiary/aromatic N) is 3. The van der Waals surface area contributed by atoms with Gasteiger partial charge in [-0.3, -0.25) is 0 Å². The predicted octanol–water partition coefficient (Wildman–Crippen LogP) is 5.53. The highest BCUT2D eigenvalue weighted by Gasteiger charge is 2.39. The quantitative estimate of drug-likeness (QED) is 0.611. The van der Waals surface area contributed by atoms with Crippen LogP contribution in [0.3, 0.4) is 0 Å². The Kier molecular flexibility index (Phi) is 5.31. The van der Waals surface area contributed by atoms with Gasteiger partial charge in [0.05, 0.1) is 0 Å². The van der Waals surface area contributed by atoms with Gasteiger partial charge in [-0.2, -0.15) is 5.21 Å². The van der Waals surface area contributed by atoms with Crippen molar-refractivity contribution in [1.29, 1.82) is 0 Å². The first kappa shape index (κ1) is 18.9. The number of hydrogen-bond acceptors (Lipinski definition) is 4. The van der Waals surface area contributed by atoms with Crippen LogP contribution in [-0.2, 0) is 5.60 Å². The summed E-state index contributed by atoms with van der Waals surface area (Å²) < 4.78 is 21.3. The summed E-state index contributed by atoms with van der Waals surface area (Å²) >= 11 is 6.08. The van der Waals surface area contributed by atoms with E-state index in [0.29, 0.717) is 22.3 Å². The number of hydrogen-bond donors (Lipinski definition) is 1. The summed E-state index contributed by atoms with van der Waals surface area (Å²) in [5, 5.41) is 14.4. The first-order valence-electron chi connectivity index (χ1n) is 9.55. The molecule has 0 aliphatic heterocycles. The molecule has 1 N–H and O–H groups in total. The molecule has 0 radical (unpaired) electrons. The first-order chi connectivity index (χ1) is 13.6. The van der Waals surface area contributed by atoms with Crippen LogP contribution in [0.15, 0.2) is 42.5 Å². The molecule has 1 fully saturated rings. The Labute approximate surface area is 168 Å². The molecule has 146 valence electrons. The van der Waals surface area contributed by atoms with E-state index in [9.17, 15) is 4.39 Å². The fourth-order valence-corrected chi connectivity index (χ4v) is 4.17. The average molecular weight is 401 g/mol. The molecule has 0 saturated heterocycles. The van der Waals surface area contributed by atoms with Gasteiger partial charge in [-0.25, -0.2) is 4.39 Å². The number of ether oxygens (including phenoxy) is 1. The van der Waals surface area contributed by atoms with Gasteiger partial charge in [-0.15, -0.1) is 10.2 Å². The number of tetrazole rings is 1. The second-order valence-corrected chi connectivity index (χ2v) is 7.87. The molecule has 1 aliphatic rings. The van der Waals surface area contributed by atoms with Gasteiger partial charge >= 0.3 is 0 Å². The zero-order chi connectivity index (χ0) is 19.6. The molecule has 1 aliphatic carbocycles. The lowest BCUT2D eigenvalue weighted by molar-refractivity contribution is 0.000633. The number of rotatable bonds is 5. The summed E-state index contributed by atoms with van der Waals surface area (Å²) in [4.78, 5) is 0. The van der Waals surface area contributed by atoms with Gasteiger partial charge in [0, 0.05) is 16.5 Å². The van der Waals surface area contributed by atoms with Crippen LogP contribution in [0.2, 0.25) is 5.02 Å². The zero-order valence-electron chi connectivity index (χ0n) is 15.7. The molecule has 1 atom stereocenters. The maximum atomic E-state index is 14.9. The number of benzene rings is 2. The number of nitrogens with one attached hydrogen (secondary N) is 1. The average Bonchev–Trinajstić information content (AvgIpc) is 3.25. The van der Waals surface area contributed by atoms with Gasteiger partial charge in [0.25, 0.3) is 0 Å². The molecular formula is C21H22ClFN4O. The fraction of sp³-hybridized carbons (Fsp3) is 0.381. The van der Waals surface area contributed by atoms with Crippen molar-refractivity contribution in [3.8, 4) is 17.1 Å². The summed E-state index contributed by atoms with van der Waals surface area (Å²) in [6.45, 7) is 2.05. The Morgan fingerprint density at radius 1 is 1.11 bits per heavy atom. The third-order valence-corrected chi connectivity index (χ3v) is 5.91. The van der Waals surface area contributed by atoms with E-state index in [0.717, 1.165) is 31.2 Å². The van der Waals surface area contributed by atoms with Crippen LogP contribution in [0.1, 0.15) is 44.6 Å². The zero-order valence-corrected chi connectivity index (χ0v) is 16.4. The number of H-pyrrole nitrogens is 1. The second kappa shape index (κ2) is 7.87. The van der Waals surface area contributed by atoms with Gasteiger partial charge in [0.2, 0.25) is 5.82 Å². The van der Waals surface area contributed by atoms with Crippen molar-refractivity contribution in [3.05, 3.63) is 58.9 Å². The van der Waals surface area contributed by atoms with Crippen LogP contribution in [0.5, 0.6) is 5.75 Å². The van der Waals surface area contributed by atoms with Gasteiger partial charge in [0.1, 0.15) is 5.60 Å². The largest absolute Gasteiger partial charge is 0.480 e. The Bertz CT molecular complexity index is 926. The molecule has 7 heteroatoms. The van der Waals surface area contributed by atoms with Gasteiger partial charge in [-0.05, 0) is 60.9 Å². The van der Waals surface area contributed by atoms with Crippen molar-refractivity contribution in [2.45, 2.75) is 44.6 Å². The molecule has 3 aromatic rings. The SMILES string of the molecule is CC(Oc1ccc(-c2nn[nH]n2)cc1F)(c1ccc(Cl)cc1)C1CCCCC1. The van der Waals surface area contributed by atoms with E-state index in [2.05, 4.69) is 27.5 Å². The number of aromatic amines is 1. The monoisotopic (exact) mass is 400 g/mol. The molecule has 1 unspecified atom stereocenters. The van der Waals surface area contributed by atoms with E-state index in [-0.39, 0.29) is 5.75 Å². The molecule has 5 nitrogen and oxygen atoms in total. The summed E-state index contributed by atoms with van der Waals surface area (Å²) in [5.74, 6) is 0.422. The summed E-state index contributed by atoms with van der Waals surface area (Å²) in [7, 11) is 0. The number of aromatic nitrogens is 4. The van der Waals surface area contributed by atoms with Crippen LogP contribution in [0, 0.1) is 11.7 Å². The minimum atomic E-state index is -0.639. The third-order valence-electron chi connectivity index (χ3n) is 5.66. The molecule has 2 aromatic carbocycles. The van der Waals surface area contributed by atoms with Gasteiger partial charge < -0.3 is 4.74 Å². The van der Waals surface area contributed by atoms with Gasteiger partial charge in [0.15, 0.2) is 11.6 Å². The Balaban J connectivity index is 1.68. The number of halogens is 2. The second-order valence-electron chi connectivity index (χ2n) is 7.43. The summed E-state index contributed by atoms with van der Waals surface area (Å²) in [6, 6.07) is 12.4. The maximum absolute atomic E-state index is 14.9. The van der Waals surface area contributed by atoms with Crippen molar-refractivity contribution < 1.29 is 9.13 Å². The maximum Gasteiger partial charge on any atom is 0.204 e. The lowest BCUT2D eigenvalue weighted by atomic mass is 9.74. The molecule has 4 rings (SSSR count). The molecule has 0 amide bonds. The van der Waals surface area contributed by atoms with Crippen LogP contribution in [0.25, 0.3) is 11.4 Å². The van der Waals surface area contributed by atoms with E-state index in [4.69, 9.17) is 16.3 Å². The normalized spacial score (nSPS) is 17.2. The fourth-order valence-electron chi connectivity index (χ4n) is 4.05. The molecule has 0 spiro atoms. The van der Waals surface area contributed by atoms with Crippen LogP contribution in [-0.4, -0.2) is 20.6 Å². The molecule has 1 saturated carbocycles. The predicted molar refractivity (Wildman–Crippen MR) is 106 cm³/mol. The lowest BCUT2D eigenvalue weighted by Crippen LogP contribution is -2.39. The van der Waals surface area contributed by atoms with Crippen molar-refractivity contribution in [2.24, 2.45) is 5.92 Å². The standard InChI is InChI=1S/C21H22ClFN4O/c1-21(15-5-3-2-4-6-15,16-8-10-17(22)11-9-16)28-19-12-7-14(13-18(19)23)20-24-26-27-25-20/h7-13,15H,2-6H2,1H3,(H,24,25,26,27). The Morgan fingerprint density at radius 2 is 1.86 bits per heavy atom. The van der Waals surface area contributed by atoms with Crippen molar-refractivity contribution in [1.82, 2.24) is 20.6 Å². The molecular weight excluding hydrogens is 379 g/mol. The smallest absolute Gasteiger partial charge is 0.204 e. The van der Waals surface area contributed by atoms with Crippen molar-refractivity contribution in [3.63, 3.8) is 0 Å². The topological polar surface area (TPSA) is 63.7 Å². The summed E-state index contributed by atoms with van der Waals surface area (Å²) in [5.41, 5.74) is 0.911. The molecule has 1 aromatic heterocycles. The Hall–Kier alpha value is -2.47. The van der Waals surface area contributed by atoms with E-state index in [1.807, 2.05) is 24.3 Å². The minimum absolute atomic E-state index is 0.218. The highest BCUT2D eigenvalue weighted by Crippen LogP contribution is 2.43. The van der Waals surface area contributed by atoms with Crippen molar-refractivity contribution >= 4 is 11.6 Å². The first-order valence-corrected chi connectivity index (χ1v) is 9.92.